The topological polar surface area (TPSA) is 106 Å². The van der Waals surface area contributed by atoms with Gasteiger partial charge >= 0.3 is 0 Å². The third kappa shape index (κ3) is 4.31. The zero-order valence-corrected chi connectivity index (χ0v) is 17.6. The minimum atomic E-state index is -0.367. The largest absolute Gasteiger partial charge is 0.398 e. The second-order valence-electron chi connectivity index (χ2n) is 7.67. The highest BCUT2D eigenvalue weighted by atomic mass is 19.1. The summed E-state index contributed by atoms with van der Waals surface area (Å²) in [5, 5.41) is 17.3. The van der Waals surface area contributed by atoms with E-state index in [2.05, 4.69) is 15.4 Å². The van der Waals surface area contributed by atoms with Gasteiger partial charge in [0, 0.05) is 31.7 Å². The summed E-state index contributed by atoms with van der Waals surface area (Å²) in [6.45, 7) is 2.87. The number of aromatic nitrogens is 2. The van der Waals surface area contributed by atoms with Gasteiger partial charge in [-0.2, -0.15) is 9.78 Å². The number of aliphatic hydroxyl groups is 1. The molecule has 2 heterocycles. The molecule has 0 saturated heterocycles. The number of benzene rings is 2. The van der Waals surface area contributed by atoms with Crippen LogP contribution in [-0.2, 0) is 0 Å². The van der Waals surface area contributed by atoms with E-state index in [0.29, 0.717) is 47.1 Å². The number of halogens is 1. The second kappa shape index (κ2) is 9.15. The highest BCUT2D eigenvalue weighted by Gasteiger charge is 2.23. The first kappa shape index (κ1) is 21.5. The van der Waals surface area contributed by atoms with E-state index in [4.69, 9.17) is 5.73 Å². The molecule has 164 valence electrons. The first-order chi connectivity index (χ1) is 15.5. The fraction of sp³-hybridized carbons (Fsp3) is 0.208. The quantitative estimate of drug-likeness (QED) is 0.572. The predicted molar refractivity (Wildman–Crippen MR) is 123 cm³/mol. The van der Waals surface area contributed by atoms with Gasteiger partial charge in [-0.3, -0.25) is 9.79 Å². The molecule has 1 aliphatic heterocycles. The molecule has 7 nitrogen and oxygen atoms in total. The van der Waals surface area contributed by atoms with Crippen LogP contribution in [0, 0.1) is 18.7 Å². The van der Waals surface area contributed by atoms with Crippen LogP contribution in [-0.4, -0.2) is 40.4 Å². The van der Waals surface area contributed by atoms with E-state index < -0.39 is 0 Å². The van der Waals surface area contributed by atoms with Gasteiger partial charge in [-0.15, -0.1) is 0 Å². The summed E-state index contributed by atoms with van der Waals surface area (Å²) in [6, 6.07) is 16.3. The number of para-hydroxylation sites is 1. The Morgan fingerprint density at radius 3 is 2.59 bits per heavy atom. The number of nitrogens with zero attached hydrogens (tertiary/aromatic N) is 3. The average molecular weight is 433 g/mol. The zero-order chi connectivity index (χ0) is 22.7. The lowest BCUT2D eigenvalue weighted by molar-refractivity contribution is 0.228. The molecule has 0 radical (unpaired) electrons. The van der Waals surface area contributed by atoms with Crippen LogP contribution in [0.1, 0.15) is 16.8 Å². The monoisotopic (exact) mass is 433 g/mol. The Morgan fingerprint density at radius 2 is 1.94 bits per heavy atom. The maximum absolute atomic E-state index is 13.5. The van der Waals surface area contributed by atoms with Crippen molar-refractivity contribution in [1.82, 2.24) is 15.1 Å². The van der Waals surface area contributed by atoms with Gasteiger partial charge in [0.15, 0.2) is 0 Å². The number of rotatable bonds is 5. The van der Waals surface area contributed by atoms with Crippen molar-refractivity contribution >= 4 is 17.1 Å². The minimum absolute atomic E-state index is 0.000858. The van der Waals surface area contributed by atoms with Crippen LogP contribution >= 0.6 is 0 Å². The summed E-state index contributed by atoms with van der Waals surface area (Å²) in [5.41, 5.74) is 9.73. The molecule has 1 unspecified atom stereocenters. The number of nitrogens with one attached hydrogen (secondary N) is 1. The van der Waals surface area contributed by atoms with Crippen LogP contribution in [0.3, 0.4) is 0 Å². The van der Waals surface area contributed by atoms with Gasteiger partial charge in [0.1, 0.15) is 11.7 Å². The summed E-state index contributed by atoms with van der Waals surface area (Å²) in [7, 11) is 0. The number of hydrogen-bond donors (Lipinski definition) is 3. The fourth-order valence-corrected chi connectivity index (χ4v) is 3.55. The van der Waals surface area contributed by atoms with Gasteiger partial charge in [0.2, 0.25) is 0 Å². The fourth-order valence-electron chi connectivity index (χ4n) is 3.55. The van der Waals surface area contributed by atoms with Crippen LogP contribution in [0.4, 0.5) is 4.39 Å². The molecular weight excluding hydrogens is 409 g/mol. The summed E-state index contributed by atoms with van der Waals surface area (Å²) in [4.78, 5) is 17.2. The van der Waals surface area contributed by atoms with Crippen LogP contribution in [0.25, 0.3) is 17.0 Å². The molecule has 8 heteroatoms. The van der Waals surface area contributed by atoms with Crippen molar-refractivity contribution < 1.29 is 9.50 Å². The van der Waals surface area contributed by atoms with Gasteiger partial charge in [0.05, 0.1) is 22.7 Å². The maximum atomic E-state index is 13.5. The number of aliphatic hydroxyl groups excluding tert-OH is 1. The number of amidine groups is 1. The SMILES string of the molecule is Cc1ccccc1-n1nc(/C(C2=NCC(CO)CN2)=C(/N)c2ccc(F)cc2)ccc1=O. The summed E-state index contributed by atoms with van der Waals surface area (Å²) < 4.78 is 14.8. The first-order valence-corrected chi connectivity index (χ1v) is 10.3. The Morgan fingerprint density at radius 1 is 1.19 bits per heavy atom. The van der Waals surface area contributed by atoms with E-state index in [1.165, 1.54) is 22.9 Å². The van der Waals surface area contributed by atoms with Crippen molar-refractivity contribution in [3.05, 3.63) is 93.7 Å². The van der Waals surface area contributed by atoms with Crippen molar-refractivity contribution in [2.45, 2.75) is 6.92 Å². The van der Waals surface area contributed by atoms with E-state index >= 15 is 0 Å². The van der Waals surface area contributed by atoms with Crippen LogP contribution in [0.15, 0.2) is 70.5 Å². The van der Waals surface area contributed by atoms with Gasteiger partial charge < -0.3 is 16.2 Å². The highest BCUT2D eigenvalue weighted by Crippen LogP contribution is 2.24. The van der Waals surface area contributed by atoms with Gasteiger partial charge in [0.25, 0.3) is 5.56 Å². The molecular formula is C24H24FN5O2. The van der Waals surface area contributed by atoms with Crippen molar-refractivity contribution in [1.29, 1.82) is 0 Å². The minimum Gasteiger partial charge on any atom is -0.398 e. The van der Waals surface area contributed by atoms with Crippen molar-refractivity contribution in [3.8, 4) is 5.69 Å². The molecule has 3 aromatic rings. The Kier molecular flexibility index (Phi) is 6.13. The van der Waals surface area contributed by atoms with Crippen LogP contribution < -0.4 is 16.6 Å². The normalized spacial score (nSPS) is 16.7. The number of hydrogen-bond acceptors (Lipinski definition) is 6. The lowest BCUT2D eigenvalue weighted by Gasteiger charge is -2.24. The standard InChI is InChI=1S/C24H24FN5O2/c1-15-4-2-3-5-20(15)30-21(32)11-10-19(29-30)22(24-27-12-16(14-31)13-28-24)23(26)17-6-8-18(25)9-7-17/h2-11,16,31H,12-14,26H2,1H3,(H,27,28)/b23-22-. The molecule has 32 heavy (non-hydrogen) atoms. The van der Waals surface area contributed by atoms with Gasteiger partial charge in [-0.05, 0) is 54.4 Å². The Balaban J connectivity index is 1.90. The molecule has 1 atom stereocenters. The molecule has 4 N–H and O–H groups in total. The molecule has 0 saturated carbocycles. The molecule has 1 aromatic heterocycles. The average Bonchev–Trinajstić information content (AvgIpc) is 2.81. The molecule has 1 aliphatic rings. The Labute approximate surface area is 184 Å². The van der Waals surface area contributed by atoms with Crippen LogP contribution in [0.5, 0.6) is 0 Å². The summed E-state index contributed by atoms with van der Waals surface area (Å²) in [5.74, 6) is 0.146. The molecule has 0 fully saturated rings. The predicted octanol–water partition coefficient (Wildman–Crippen LogP) is 2.12. The highest BCUT2D eigenvalue weighted by molar-refractivity contribution is 6.28. The smallest absolute Gasteiger partial charge is 0.271 e. The first-order valence-electron chi connectivity index (χ1n) is 10.3. The maximum Gasteiger partial charge on any atom is 0.271 e. The molecule has 0 aliphatic carbocycles. The summed E-state index contributed by atoms with van der Waals surface area (Å²) >= 11 is 0. The third-order valence-electron chi connectivity index (χ3n) is 5.39. The molecule has 2 aromatic carbocycles. The number of aryl methyl sites for hydroxylation is 1. The second-order valence-corrected chi connectivity index (χ2v) is 7.67. The van der Waals surface area contributed by atoms with Crippen LogP contribution in [0.2, 0.25) is 0 Å². The molecule has 4 rings (SSSR count). The van der Waals surface area contributed by atoms with E-state index in [1.54, 1.807) is 18.2 Å². The van der Waals surface area contributed by atoms with E-state index in [-0.39, 0.29) is 23.9 Å². The van der Waals surface area contributed by atoms with E-state index in [1.807, 2.05) is 31.2 Å². The van der Waals surface area contributed by atoms with Crippen molar-refractivity contribution in [2.24, 2.45) is 16.6 Å². The lowest BCUT2D eigenvalue weighted by atomic mass is 10.0. The number of nitrogens with two attached hydrogens (primary N) is 1. The Hall–Kier alpha value is -3.78. The van der Waals surface area contributed by atoms with Crippen molar-refractivity contribution in [3.63, 3.8) is 0 Å². The van der Waals surface area contributed by atoms with E-state index in [0.717, 1.165) is 5.56 Å². The summed E-state index contributed by atoms with van der Waals surface area (Å²) in [6.07, 6.45) is 0. The molecule has 0 amide bonds. The van der Waals surface area contributed by atoms with E-state index in [9.17, 15) is 14.3 Å². The van der Waals surface area contributed by atoms with Crippen molar-refractivity contribution in [2.75, 3.05) is 19.7 Å². The zero-order valence-electron chi connectivity index (χ0n) is 17.6. The Bertz CT molecular complexity index is 1250. The van der Waals surface area contributed by atoms with Gasteiger partial charge in [-0.25, -0.2) is 4.39 Å². The molecule has 0 bridgehead atoms. The molecule has 0 spiro atoms. The number of aliphatic imine (C=N–C) groups is 1. The third-order valence-corrected chi connectivity index (χ3v) is 5.39. The lowest BCUT2D eigenvalue weighted by Crippen LogP contribution is -2.39. The van der Waals surface area contributed by atoms with Gasteiger partial charge in [-0.1, -0.05) is 18.2 Å².